The number of carbonyl (C=O) groups excluding carboxylic acids is 2. The number of aryl methyl sites for hydroxylation is 1. The number of pyridine rings is 1. The van der Waals surface area contributed by atoms with Crippen molar-refractivity contribution in [3.63, 3.8) is 0 Å². The molecular weight excluding hydrogens is 268 g/mol. The molecule has 108 valence electrons. The Labute approximate surface area is 123 Å². The molecule has 0 aliphatic heterocycles. The zero-order valence-corrected chi connectivity index (χ0v) is 11.7. The molecule has 0 unspecified atom stereocenters. The maximum Gasteiger partial charge on any atom is 0.340 e. The first-order chi connectivity index (χ1) is 10.2. The minimum atomic E-state index is -0.561. The monoisotopic (exact) mass is 284 g/mol. The Kier molecular flexibility index (Phi) is 5.04. The minimum Gasteiger partial charge on any atom is -0.452 e. The Hall–Kier alpha value is -2.69. The number of carbonyl (C=O) groups is 2. The van der Waals surface area contributed by atoms with Crippen molar-refractivity contribution in [2.24, 2.45) is 0 Å². The largest absolute Gasteiger partial charge is 0.452 e. The summed E-state index contributed by atoms with van der Waals surface area (Å²) >= 11 is 0. The van der Waals surface area contributed by atoms with E-state index in [1.807, 2.05) is 31.2 Å². The molecule has 1 aromatic heterocycles. The summed E-state index contributed by atoms with van der Waals surface area (Å²) in [6.07, 6.45) is 2.96. The van der Waals surface area contributed by atoms with Crippen LogP contribution in [-0.2, 0) is 16.1 Å². The Bertz CT molecular complexity index is 626. The third kappa shape index (κ3) is 4.42. The third-order valence-corrected chi connectivity index (χ3v) is 2.97. The molecule has 0 bridgehead atoms. The highest BCUT2D eigenvalue weighted by atomic mass is 16.5. The molecule has 0 radical (unpaired) electrons. The van der Waals surface area contributed by atoms with Crippen molar-refractivity contribution in [2.75, 3.05) is 6.61 Å². The summed E-state index contributed by atoms with van der Waals surface area (Å²) < 4.78 is 4.92. The Morgan fingerprint density at radius 3 is 2.71 bits per heavy atom. The summed E-state index contributed by atoms with van der Waals surface area (Å²) in [6, 6.07) is 11.0. The predicted molar refractivity (Wildman–Crippen MR) is 77.5 cm³/mol. The first kappa shape index (κ1) is 14.7. The van der Waals surface area contributed by atoms with Gasteiger partial charge in [0.25, 0.3) is 5.91 Å². The van der Waals surface area contributed by atoms with Gasteiger partial charge in [0.15, 0.2) is 6.61 Å². The van der Waals surface area contributed by atoms with E-state index in [4.69, 9.17) is 4.74 Å². The van der Waals surface area contributed by atoms with Gasteiger partial charge in [-0.1, -0.05) is 24.3 Å². The molecule has 0 atom stereocenters. The molecule has 5 heteroatoms. The second-order valence-corrected chi connectivity index (χ2v) is 4.52. The number of aromatic nitrogens is 1. The lowest BCUT2D eigenvalue weighted by Crippen LogP contribution is -2.28. The SMILES string of the molecule is Cc1ccccc1CNC(=O)COC(=O)c1cccnc1. The van der Waals surface area contributed by atoms with Crippen LogP contribution >= 0.6 is 0 Å². The van der Waals surface area contributed by atoms with Crippen LogP contribution in [0.3, 0.4) is 0 Å². The van der Waals surface area contributed by atoms with Gasteiger partial charge in [0.2, 0.25) is 0 Å². The van der Waals surface area contributed by atoms with E-state index in [1.165, 1.54) is 6.20 Å². The van der Waals surface area contributed by atoms with Crippen molar-refractivity contribution in [3.05, 3.63) is 65.5 Å². The van der Waals surface area contributed by atoms with Gasteiger partial charge in [0.05, 0.1) is 5.56 Å². The van der Waals surface area contributed by atoms with Crippen molar-refractivity contribution in [2.45, 2.75) is 13.5 Å². The quantitative estimate of drug-likeness (QED) is 0.851. The molecule has 1 N–H and O–H groups in total. The van der Waals surface area contributed by atoms with E-state index in [9.17, 15) is 9.59 Å². The van der Waals surface area contributed by atoms with Crippen LogP contribution in [0.15, 0.2) is 48.8 Å². The van der Waals surface area contributed by atoms with Crippen molar-refractivity contribution in [3.8, 4) is 0 Å². The van der Waals surface area contributed by atoms with Crippen LogP contribution in [0.25, 0.3) is 0 Å². The number of ether oxygens (including phenoxy) is 1. The number of esters is 1. The van der Waals surface area contributed by atoms with Crippen LogP contribution in [0.5, 0.6) is 0 Å². The van der Waals surface area contributed by atoms with Crippen molar-refractivity contribution in [1.29, 1.82) is 0 Å². The highest BCUT2D eigenvalue weighted by Gasteiger charge is 2.10. The van der Waals surface area contributed by atoms with Gasteiger partial charge in [-0.3, -0.25) is 9.78 Å². The number of nitrogens with one attached hydrogen (secondary N) is 1. The molecule has 2 rings (SSSR count). The summed E-state index contributed by atoms with van der Waals surface area (Å²) in [5.74, 6) is -0.898. The highest BCUT2D eigenvalue weighted by Crippen LogP contribution is 2.06. The molecule has 1 heterocycles. The molecule has 0 saturated carbocycles. The van der Waals surface area contributed by atoms with Gasteiger partial charge in [0.1, 0.15) is 0 Å². The van der Waals surface area contributed by atoms with Crippen LogP contribution in [0.1, 0.15) is 21.5 Å². The number of hydrogen-bond donors (Lipinski definition) is 1. The molecule has 0 saturated heterocycles. The zero-order chi connectivity index (χ0) is 15.1. The normalized spacial score (nSPS) is 9.95. The zero-order valence-electron chi connectivity index (χ0n) is 11.7. The van der Waals surface area contributed by atoms with Crippen LogP contribution in [0.2, 0.25) is 0 Å². The summed E-state index contributed by atoms with van der Waals surface area (Å²) in [6.45, 7) is 2.08. The average Bonchev–Trinajstić information content (AvgIpc) is 2.52. The average molecular weight is 284 g/mol. The van der Waals surface area contributed by atoms with Gasteiger partial charge in [-0.05, 0) is 30.2 Å². The number of rotatable bonds is 5. The lowest BCUT2D eigenvalue weighted by molar-refractivity contribution is -0.124. The van der Waals surface area contributed by atoms with Gasteiger partial charge in [-0.25, -0.2) is 4.79 Å². The Morgan fingerprint density at radius 2 is 2.00 bits per heavy atom. The molecule has 0 aliphatic rings. The van der Waals surface area contributed by atoms with Crippen LogP contribution in [0.4, 0.5) is 0 Å². The molecule has 0 aliphatic carbocycles. The van der Waals surface area contributed by atoms with E-state index in [1.54, 1.807) is 18.3 Å². The summed E-state index contributed by atoms with van der Waals surface area (Å²) in [4.78, 5) is 27.1. The van der Waals surface area contributed by atoms with Gasteiger partial charge in [-0.15, -0.1) is 0 Å². The molecule has 0 fully saturated rings. The van der Waals surface area contributed by atoms with Crippen LogP contribution < -0.4 is 5.32 Å². The van der Waals surface area contributed by atoms with Gasteiger partial charge in [-0.2, -0.15) is 0 Å². The molecule has 2 aromatic rings. The summed E-state index contributed by atoms with van der Waals surface area (Å²) in [5, 5.41) is 2.71. The summed E-state index contributed by atoms with van der Waals surface area (Å²) in [5.41, 5.74) is 2.46. The second-order valence-electron chi connectivity index (χ2n) is 4.52. The van der Waals surface area contributed by atoms with Gasteiger partial charge >= 0.3 is 5.97 Å². The Balaban J connectivity index is 1.78. The lowest BCUT2D eigenvalue weighted by atomic mass is 10.1. The first-order valence-corrected chi connectivity index (χ1v) is 6.55. The van der Waals surface area contributed by atoms with Gasteiger partial charge in [0, 0.05) is 18.9 Å². The smallest absolute Gasteiger partial charge is 0.340 e. The minimum absolute atomic E-state index is 0.306. The maximum absolute atomic E-state index is 11.7. The van der Waals surface area contributed by atoms with Gasteiger partial charge < -0.3 is 10.1 Å². The third-order valence-electron chi connectivity index (χ3n) is 2.97. The second kappa shape index (κ2) is 7.19. The number of hydrogen-bond acceptors (Lipinski definition) is 4. The van der Waals surface area contributed by atoms with E-state index >= 15 is 0 Å². The topological polar surface area (TPSA) is 68.3 Å². The fourth-order valence-electron chi connectivity index (χ4n) is 1.75. The van der Waals surface area contributed by atoms with Crippen LogP contribution in [0, 0.1) is 6.92 Å². The van der Waals surface area contributed by atoms with E-state index in [-0.39, 0.29) is 12.5 Å². The van der Waals surface area contributed by atoms with Crippen molar-refractivity contribution < 1.29 is 14.3 Å². The molecule has 1 amide bonds. The molecule has 5 nitrogen and oxygen atoms in total. The van der Waals surface area contributed by atoms with E-state index in [0.29, 0.717) is 12.1 Å². The Morgan fingerprint density at radius 1 is 1.19 bits per heavy atom. The molecule has 1 aromatic carbocycles. The molecule has 21 heavy (non-hydrogen) atoms. The van der Waals surface area contributed by atoms with E-state index in [0.717, 1.165) is 11.1 Å². The fourth-order valence-corrected chi connectivity index (χ4v) is 1.75. The summed E-state index contributed by atoms with van der Waals surface area (Å²) in [7, 11) is 0. The van der Waals surface area contributed by atoms with Crippen LogP contribution in [-0.4, -0.2) is 23.5 Å². The lowest BCUT2D eigenvalue weighted by Gasteiger charge is -2.08. The van der Waals surface area contributed by atoms with E-state index in [2.05, 4.69) is 10.3 Å². The van der Waals surface area contributed by atoms with E-state index < -0.39 is 5.97 Å². The number of amides is 1. The van der Waals surface area contributed by atoms with Crippen molar-refractivity contribution in [1.82, 2.24) is 10.3 Å². The number of nitrogens with zero attached hydrogens (tertiary/aromatic N) is 1. The molecule has 0 spiro atoms. The van der Waals surface area contributed by atoms with Crippen molar-refractivity contribution >= 4 is 11.9 Å². The predicted octanol–water partition coefficient (Wildman–Crippen LogP) is 1.86. The number of benzene rings is 1. The standard InChI is InChI=1S/C16H16N2O3/c1-12-5-2-3-6-13(12)10-18-15(19)11-21-16(20)14-7-4-8-17-9-14/h2-9H,10-11H2,1H3,(H,18,19). The molecular formula is C16H16N2O3. The maximum atomic E-state index is 11.7. The fraction of sp³-hybridized carbons (Fsp3) is 0.188. The highest BCUT2D eigenvalue weighted by molar-refractivity contribution is 5.90. The first-order valence-electron chi connectivity index (χ1n) is 6.55.